The smallest absolute Gasteiger partial charge is 0.344 e. The Hall–Kier alpha value is -3.05. The van der Waals surface area contributed by atoms with E-state index in [9.17, 15) is 22.8 Å². The summed E-state index contributed by atoms with van der Waals surface area (Å²) in [5.74, 6) is -5.94. The van der Waals surface area contributed by atoms with Crippen LogP contribution in [-0.2, 0) is 14.4 Å². The number of nitrogens with zero attached hydrogens (tertiary/aromatic N) is 2. The van der Waals surface area contributed by atoms with Crippen LogP contribution in [0.15, 0.2) is 36.7 Å². The lowest BCUT2D eigenvalue weighted by molar-refractivity contribution is -0.393. The minimum atomic E-state index is -5.03. The number of aryl methyl sites for hydroxylation is 1. The van der Waals surface area contributed by atoms with Gasteiger partial charge in [0.1, 0.15) is 5.82 Å². The van der Waals surface area contributed by atoms with Crippen molar-refractivity contribution < 1.29 is 32.3 Å². The number of hydrogen-bond acceptors (Lipinski definition) is 6. The minimum absolute atomic E-state index is 0.00466. The zero-order chi connectivity index (χ0) is 22.5. The summed E-state index contributed by atoms with van der Waals surface area (Å²) in [5, 5.41) is 2.43. The molecule has 30 heavy (non-hydrogen) atoms. The lowest BCUT2D eigenvalue weighted by atomic mass is 9.91. The molecule has 162 valence electrons. The molecule has 0 spiro atoms. The van der Waals surface area contributed by atoms with E-state index in [1.807, 2.05) is 0 Å². The molecule has 0 aliphatic rings. The average Bonchev–Trinajstić information content (AvgIpc) is 2.67. The van der Waals surface area contributed by atoms with Crippen LogP contribution in [-0.4, -0.2) is 40.9 Å². The number of aromatic nitrogens is 2. The first-order valence-corrected chi connectivity index (χ1v) is 8.76. The molecule has 0 radical (unpaired) electrons. The summed E-state index contributed by atoms with van der Waals surface area (Å²) in [6, 6.07) is 5.50. The van der Waals surface area contributed by atoms with E-state index in [0.29, 0.717) is 5.69 Å². The number of anilines is 1. The van der Waals surface area contributed by atoms with Crippen molar-refractivity contribution in [2.24, 2.45) is 0 Å². The number of alkyl halides is 3. The summed E-state index contributed by atoms with van der Waals surface area (Å²) in [4.78, 5) is 36.1. The topological polar surface area (TPSA) is 102 Å². The standard InChI is InChI=1S/C19H21F3N4O4/c1-11-8-15(9-16(24-11)25-13(3)27)12(2)18(29-4,19(20,21)22)30-26-17(28)14-6-5-7-23-10-14/h5-10,12H,1-4H3,(H,26,28)(H,24,25,27). The third kappa shape index (κ3) is 5.10. The fourth-order valence-corrected chi connectivity index (χ4v) is 2.81. The molecule has 2 rings (SSSR count). The molecule has 2 N–H and O–H groups in total. The van der Waals surface area contributed by atoms with Gasteiger partial charge in [0.05, 0.1) is 5.56 Å². The summed E-state index contributed by atoms with van der Waals surface area (Å²) in [7, 11) is 0.822. The van der Waals surface area contributed by atoms with Crippen LogP contribution in [0.25, 0.3) is 0 Å². The average molecular weight is 426 g/mol. The van der Waals surface area contributed by atoms with Crippen molar-refractivity contribution in [3.05, 3.63) is 53.5 Å². The number of hydroxylamine groups is 1. The quantitative estimate of drug-likeness (QED) is 0.521. The molecule has 0 bridgehead atoms. The number of hydrogen-bond donors (Lipinski definition) is 2. The highest BCUT2D eigenvalue weighted by Gasteiger charge is 2.62. The lowest BCUT2D eigenvalue weighted by Gasteiger charge is -2.38. The second-order valence-electron chi connectivity index (χ2n) is 6.47. The summed E-state index contributed by atoms with van der Waals surface area (Å²) < 4.78 is 47.0. The van der Waals surface area contributed by atoms with Gasteiger partial charge in [-0.2, -0.15) is 13.2 Å². The molecule has 0 aliphatic heterocycles. The first-order valence-electron chi connectivity index (χ1n) is 8.76. The van der Waals surface area contributed by atoms with Crippen molar-refractivity contribution in [2.45, 2.75) is 38.7 Å². The summed E-state index contributed by atoms with van der Waals surface area (Å²) >= 11 is 0. The van der Waals surface area contributed by atoms with E-state index in [-0.39, 0.29) is 16.9 Å². The number of halogens is 3. The van der Waals surface area contributed by atoms with Gasteiger partial charge in [0.25, 0.3) is 11.7 Å². The van der Waals surface area contributed by atoms with Crippen molar-refractivity contribution in [1.82, 2.24) is 15.4 Å². The Labute approximate surface area is 170 Å². The highest BCUT2D eigenvalue weighted by molar-refractivity contribution is 5.93. The molecule has 2 amide bonds. The molecule has 0 fully saturated rings. The van der Waals surface area contributed by atoms with Crippen LogP contribution < -0.4 is 10.8 Å². The SMILES string of the molecule is COC(ONC(=O)c1cccnc1)(C(C)c1cc(C)nc(NC(C)=O)c1)C(F)(F)F. The summed E-state index contributed by atoms with van der Waals surface area (Å²) in [5.41, 5.74) is 2.30. The molecule has 8 nitrogen and oxygen atoms in total. The maximum absolute atomic E-state index is 14.1. The fraction of sp³-hybridized carbons (Fsp3) is 0.368. The molecule has 2 unspecified atom stereocenters. The van der Waals surface area contributed by atoms with Gasteiger partial charge in [-0.25, -0.2) is 15.3 Å². The molecule has 11 heteroatoms. The number of amides is 2. The Kier molecular flexibility index (Phi) is 7.11. The maximum Gasteiger partial charge on any atom is 0.446 e. The predicted molar refractivity (Wildman–Crippen MR) is 100 cm³/mol. The van der Waals surface area contributed by atoms with Gasteiger partial charge in [-0.05, 0) is 36.8 Å². The molecular formula is C19H21F3N4O4. The Morgan fingerprint density at radius 2 is 1.93 bits per heavy atom. The zero-order valence-electron chi connectivity index (χ0n) is 16.7. The van der Waals surface area contributed by atoms with Crippen molar-refractivity contribution in [1.29, 1.82) is 0 Å². The van der Waals surface area contributed by atoms with Crippen molar-refractivity contribution in [3.8, 4) is 0 Å². The Bertz CT molecular complexity index is 908. The summed E-state index contributed by atoms with van der Waals surface area (Å²) in [6.45, 7) is 4.04. The number of carbonyl (C=O) groups excluding carboxylic acids is 2. The van der Waals surface area contributed by atoms with E-state index >= 15 is 0 Å². The maximum atomic E-state index is 14.1. The predicted octanol–water partition coefficient (Wildman–Crippen LogP) is 3.11. The first-order chi connectivity index (χ1) is 14.0. The van der Waals surface area contributed by atoms with Crippen molar-refractivity contribution in [3.63, 3.8) is 0 Å². The number of ether oxygens (including phenoxy) is 1. The van der Waals surface area contributed by atoms with Crippen LogP contribution in [0.1, 0.15) is 41.4 Å². The van der Waals surface area contributed by atoms with Crippen LogP contribution in [0.5, 0.6) is 0 Å². The van der Waals surface area contributed by atoms with Gasteiger partial charge < -0.3 is 10.1 Å². The number of carbonyl (C=O) groups is 2. The van der Waals surface area contributed by atoms with Gasteiger partial charge in [0, 0.05) is 38.0 Å². The van der Waals surface area contributed by atoms with Crippen molar-refractivity contribution in [2.75, 3.05) is 12.4 Å². The number of pyridine rings is 2. The van der Waals surface area contributed by atoms with Gasteiger partial charge in [-0.15, -0.1) is 0 Å². The largest absolute Gasteiger partial charge is 0.446 e. The van der Waals surface area contributed by atoms with Crippen LogP contribution >= 0.6 is 0 Å². The van der Waals surface area contributed by atoms with Crippen LogP contribution in [0, 0.1) is 6.92 Å². The first kappa shape index (κ1) is 23.2. The molecule has 0 saturated carbocycles. The molecule has 2 aromatic rings. The number of nitrogens with one attached hydrogen (secondary N) is 2. The number of methoxy groups -OCH3 is 1. The minimum Gasteiger partial charge on any atom is -0.344 e. The third-order valence-electron chi connectivity index (χ3n) is 4.27. The van der Waals surface area contributed by atoms with E-state index in [0.717, 1.165) is 7.11 Å². The molecular weight excluding hydrogens is 405 g/mol. The van der Waals surface area contributed by atoms with E-state index in [4.69, 9.17) is 9.57 Å². The third-order valence-corrected chi connectivity index (χ3v) is 4.27. The highest BCUT2D eigenvalue weighted by Crippen LogP contribution is 2.44. The molecule has 2 aromatic heterocycles. The van der Waals surface area contributed by atoms with Crippen molar-refractivity contribution >= 4 is 17.6 Å². The second kappa shape index (κ2) is 9.18. The Balaban J connectivity index is 2.39. The van der Waals surface area contributed by atoms with Gasteiger partial charge in [0.15, 0.2) is 0 Å². The monoisotopic (exact) mass is 426 g/mol. The van der Waals surface area contributed by atoms with E-state index < -0.39 is 29.7 Å². The fourth-order valence-electron chi connectivity index (χ4n) is 2.81. The van der Waals surface area contributed by atoms with Crippen LogP contribution in [0.2, 0.25) is 0 Å². The lowest BCUT2D eigenvalue weighted by Crippen LogP contribution is -2.56. The van der Waals surface area contributed by atoms with E-state index in [1.54, 1.807) is 12.4 Å². The van der Waals surface area contributed by atoms with Crippen LogP contribution in [0.4, 0.5) is 19.0 Å². The summed E-state index contributed by atoms with van der Waals surface area (Å²) in [6.07, 6.45) is -2.45. The number of rotatable bonds is 7. The van der Waals surface area contributed by atoms with E-state index in [1.165, 1.54) is 50.5 Å². The van der Waals surface area contributed by atoms with Gasteiger partial charge in [0.2, 0.25) is 5.91 Å². The molecule has 2 atom stereocenters. The Morgan fingerprint density at radius 1 is 1.23 bits per heavy atom. The molecule has 0 aromatic carbocycles. The van der Waals surface area contributed by atoms with Gasteiger partial charge >= 0.3 is 6.18 Å². The van der Waals surface area contributed by atoms with Crippen LogP contribution in [0.3, 0.4) is 0 Å². The zero-order valence-corrected chi connectivity index (χ0v) is 16.7. The molecule has 0 aliphatic carbocycles. The van der Waals surface area contributed by atoms with Gasteiger partial charge in [-0.1, -0.05) is 6.92 Å². The normalized spacial score (nSPS) is 14.5. The molecule has 0 saturated heterocycles. The van der Waals surface area contributed by atoms with E-state index in [2.05, 4.69) is 15.3 Å². The second-order valence-corrected chi connectivity index (χ2v) is 6.47. The molecule has 2 heterocycles. The van der Waals surface area contributed by atoms with Gasteiger partial charge in [-0.3, -0.25) is 14.6 Å². The highest BCUT2D eigenvalue weighted by atomic mass is 19.4. The Morgan fingerprint density at radius 3 is 2.47 bits per heavy atom.